The molecule has 17 heavy (non-hydrogen) atoms. The lowest BCUT2D eigenvalue weighted by atomic mass is 9.96. The van der Waals surface area contributed by atoms with Crippen LogP contribution in [0, 0.1) is 5.92 Å². The van der Waals surface area contributed by atoms with E-state index in [2.05, 4.69) is 68.3 Å². The molecule has 0 bridgehead atoms. The molecule has 0 saturated heterocycles. The van der Waals surface area contributed by atoms with E-state index in [-0.39, 0.29) is 0 Å². The lowest BCUT2D eigenvalue weighted by molar-refractivity contribution is 0.425. The van der Waals surface area contributed by atoms with E-state index in [9.17, 15) is 0 Å². The van der Waals surface area contributed by atoms with E-state index >= 15 is 0 Å². The monoisotopic (exact) mass is 230 g/mol. The first kappa shape index (κ1) is 12.2. The number of para-hydroxylation sites is 1. The minimum atomic E-state index is 0.542. The van der Waals surface area contributed by atoms with Gasteiger partial charge in [-0.2, -0.15) is 0 Å². The van der Waals surface area contributed by atoms with Gasteiger partial charge in [0.1, 0.15) is 0 Å². The summed E-state index contributed by atoms with van der Waals surface area (Å²) in [4.78, 5) is 0. The van der Waals surface area contributed by atoms with Gasteiger partial charge in [-0.05, 0) is 31.0 Å². The average molecular weight is 230 g/mol. The van der Waals surface area contributed by atoms with E-state index < -0.39 is 0 Å². The van der Waals surface area contributed by atoms with Crippen LogP contribution in [0.1, 0.15) is 19.4 Å². The number of aryl methyl sites for hydroxylation is 1. The Morgan fingerprint density at radius 2 is 1.94 bits per heavy atom. The Kier molecular flexibility index (Phi) is 3.53. The molecule has 92 valence electrons. The summed E-state index contributed by atoms with van der Waals surface area (Å²) in [5.74, 6) is 0.652. The van der Waals surface area contributed by atoms with Gasteiger partial charge in [0, 0.05) is 30.2 Å². The maximum Gasteiger partial charge on any atom is 0.0480 e. The third-order valence-electron chi connectivity index (χ3n) is 3.59. The van der Waals surface area contributed by atoms with Crippen LogP contribution in [0.4, 0.5) is 0 Å². The number of nitrogens with one attached hydrogen (secondary N) is 1. The molecule has 0 radical (unpaired) electrons. The van der Waals surface area contributed by atoms with Crippen molar-refractivity contribution in [1.29, 1.82) is 0 Å². The summed E-state index contributed by atoms with van der Waals surface area (Å²) >= 11 is 0. The number of aromatic nitrogens is 1. The highest BCUT2D eigenvalue weighted by Crippen LogP contribution is 2.22. The number of benzene rings is 1. The van der Waals surface area contributed by atoms with Crippen molar-refractivity contribution < 1.29 is 0 Å². The smallest absolute Gasteiger partial charge is 0.0480 e. The molecular formula is C15H22N2. The molecule has 0 aliphatic rings. The van der Waals surface area contributed by atoms with Gasteiger partial charge in [-0.3, -0.25) is 0 Å². The largest absolute Gasteiger partial charge is 0.350 e. The molecule has 0 aliphatic carbocycles. The molecule has 1 aromatic heterocycles. The van der Waals surface area contributed by atoms with Gasteiger partial charge in [0.2, 0.25) is 0 Å². The topological polar surface area (TPSA) is 17.0 Å². The number of rotatable bonds is 4. The van der Waals surface area contributed by atoms with Crippen LogP contribution in [0.25, 0.3) is 10.9 Å². The van der Waals surface area contributed by atoms with Crippen LogP contribution in [-0.4, -0.2) is 17.7 Å². The molecule has 1 N–H and O–H groups in total. The summed E-state index contributed by atoms with van der Waals surface area (Å²) in [6.07, 6.45) is 3.35. The van der Waals surface area contributed by atoms with Crippen LogP contribution < -0.4 is 5.32 Å². The Bertz CT molecular complexity index is 497. The molecule has 1 heterocycles. The standard InChI is InChI=1S/C15H22N2/c1-11(2)14(16-3)9-12-10-17(4)15-8-6-5-7-13(12)15/h5-8,10-11,14,16H,9H2,1-4H3. The molecule has 1 aromatic carbocycles. The maximum atomic E-state index is 3.41. The van der Waals surface area contributed by atoms with Crippen molar-refractivity contribution >= 4 is 10.9 Å². The van der Waals surface area contributed by atoms with Crippen molar-refractivity contribution in [3.05, 3.63) is 36.0 Å². The zero-order valence-corrected chi connectivity index (χ0v) is 11.2. The summed E-state index contributed by atoms with van der Waals surface area (Å²) in [6.45, 7) is 4.54. The third-order valence-corrected chi connectivity index (χ3v) is 3.59. The maximum absolute atomic E-state index is 3.41. The van der Waals surface area contributed by atoms with Gasteiger partial charge in [0.25, 0.3) is 0 Å². The van der Waals surface area contributed by atoms with Gasteiger partial charge in [-0.25, -0.2) is 0 Å². The van der Waals surface area contributed by atoms with Crippen molar-refractivity contribution in [3.63, 3.8) is 0 Å². The highest BCUT2D eigenvalue weighted by molar-refractivity contribution is 5.83. The van der Waals surface area contributed by atoms with Crippen molar-refractivity contribution in [2.24, 2.45) is 13.0 Å². The van der Waals surface area contributed by atoms with Gasteiger partial charge < -0.3 is 9.88 Å². The summed E-state index contributed by atoms with van der Waals surface area (Å²) in [5, 5.41) is 4.80. The van der Waals surface area contributed by atoms with Gasteiger partial charge >= 0.3 is 0 Å². The lowest BCUT2D eigenvalue weighted by Gasteiger charge is -2.19. The molecular weight excluding hydrogens is 208 g/mol. The van der Waals surface area contributed by atoms with E-state index in [0.29, 0.717) is 12.0 Å². The molecule has 0 amide bonds. The molecule has 2 rings (SSSR count). The molecule has 0 fully saturated rings. The fraction of sp³-hybridized carbons (Fsp3) is 0.467. The van der Waals surface area contributed by atoms with E-state index in [4.69, 9.17) is 0 Å². The Morgan fingerprint density at radius 1 is 1.24 bits per heavy atom. The number of fused-ring (bicyclic) bond motifs is 1. The molecule has 0 saturated carbocycles. The van der Waals surface area contributed by atoms with E-state index in [1.165, 1.54) is 16.5 Å². The number of likely N-dealkylation sites (N-methyl/N-ethyl adjacent to an activating group) is 1. The Hall–Kier alpha value is -1.28. The average Bonchev–Trinajstić information content (AvgIpc) is 2.63. The number of hydrogen-bond acceptors (Lipinski definition) is 1. The fourth-order valence-electron chi connectivity index (χ4n) is 2.50. The summed E-state index contributed by atoms with van der Waals surface area (Å²) in [5.41, 5.74) is 2.76. The van der Waals surface area contributed by atoms with Gasteiger partial charge in [-0.1, -0.05) is 32.0 Å². The molecule has 1 atom stereocenters. The van der Waals surface area contributed by atoms with Crippen molar-refractivity contribution in [2.75, 3.05) is 7.05 Å². The molecule has 0 aliphatic heterocycles. The van der Waals surface area contributed by atoms with Crippen molar-refractivity contribution in [2.45, 2.75) is 26.3 Å². The molecule has 2 heteroatoms. The van der Waals surface area contributed by atoms with Crippen LogP contribution in [0.5, 0.6) is 0 Å². The Balaban J connectivity index is 2.36. The summed E-state index contributed by atoms with van der Waals surface area (Å²) in [6, 6.07) is 9.17. The molecule has 2 aromatic rings. The second-order valence-electron chi connectivity index (χ2n) is 5.13. The predicted octanol–water partition coefficient (Wildman–Crippen LogP) is 2.96. The third kappa shape index (κ3) is 2.37. The Labute approximate surface area is 104 Å². The van der Waals surface area contributed by atoms with Crippen LogP contribution in [0.2, 0.25) is 0 Å². The first-order valence-corrected chi connectivity index (χ1v) is 6.33. The minimum absolute atomic E-state index is 0.542. The SMILES string of the molecule is CNC(Cc1cn(C)c2ccccc12)C(C)C. The lowest BCUT2D eigenvalue weighted by Crippen LogP contribution is -2.32. The quantitative estimate of drug-likeness (QED) is 0.854. The first-order valence-electron chi connectivity index (χ1n) is 6.33. The first-order chi connectivity index (χ1) is 8.13. The van der Waals surface area contributed by atoms with Crippen LogP contribution >= 0.6 is 0 Å². The van der Waals surface area contributed by atoms with Crippen LogP contribution in [0.15, 0.2) is 30.5 Å². The van der Waals surface area contributed by atoms with Gasteiger partial charge in [0.15, 0.2) is 0 Å². The van der Waals surface area contributed by atoms with E-state index in [1.807, 2.05) is 0 Å². The summed E-state index contributed by atoms with van der Waals surface area (Å²) in [7, 11) is 4.17. The highest BCUT2D eigenvalue weighted by atomic mass is 14.9. The molecule has 0 spiro atoms. The van der Waals surface area contributed by atoms with Crippen molar-refractivity contribution in [3.8, 4) is 0 Å². The minimum Gasteiger partial charge on any atom is -0.350 e. The van der Waals surface area contributed by atoms with E-state index in [1.54, 1.807) is 0 Å². The highest BCUT2D eigenvalue weighted by Gasteiger charge is 2.14. The second-order valence-corrected chi connectivity index (χ2v) is 5.13. The molecule has 2 nitrogen and oxygen atoms in total. The Morgan fingerprint density at radius 3 is 2.59 bits per heavy atom. The van der Waals surface area contributed by atoms with E-state index in [0.717, 1.165) is 6.42 Å². The number of nitrogens with zero attached hydrogens (tertiary/aromatic N) is 1. The second kappa shape index (κ2) is 4.92. The van der Waals surface area contributed by atoms with Crippen LogP contribution in [0.3, 0.4) is 0 Å². The normalized spacial score (nSPS) is 13.5. The zero-order valence-electron chi connectivity index (χ0n) is 11.2. The molecule has 1 unspecified atom stereocenters. The van der Waals surface area contributed by atoms with Gasteiger partial charge in [0.05, 0.1) is 0 Å². The fourth-order valence-corrected chi connectivity index (χ4v) is 2.50. The van der Waals surface area contributed by atoms with Crippen LogP contribution in [-0.2, 0) is 13.5 Å². The van der Waals surface area contributed by atoms with Gasteiger partial charge in [-0.15, -0.1) is 0 Å². The van der Waals surface area contributed by atoms with Crippen molar-refractivity contribution in [1.82, 2.24) is 9.88 Å². The number of hydrogen-bond donors (Lipinski definition) is 1. The predicted molar refractivity (Wildman–Crippen MR) is 74.3 cm³/mol. The summed E-state index contributed by atoms with van der Waals surface area (Å²) < 4.78 is 2.22. The zero-order chi connectivity index (χ0) is 12.4.